The number of benzene rings is 2. The predicted octanol–water partition coefficient (Wildman–Crippen LogP) is 2.08. The van der Waals surface area contributed by atoms with Crippen molar-refractivity contribution in [1.29, 1.82) is 0 Å². The lowest BCUT2D eigenvalue weighted by Crippen LogP contribution is -2.36. The lowest BCUT2D eigenvalue weighted by molar-refractivity contribution is -0.114. The van der Waals surface area contributed by atoms with Crippen LogP contribution in [-0.4, -0.2) is 26.8 Å². The van der Waals surface area contributed by atoms with Gasteiger partial charge in [-0.3, -0.25) is 14.9 Å². The Hall–Kier alpha value is -3.54. The van der Waals surface area contributed by atoms with Gasteiger partial charge in [0.05, 0.1) is 17.5 Å². The first-order valence-corrected chi connectivity index (χ1v) is 7.37. The zero-order chi connectivity index (χ0) is 16.5. The maximum absolute atomic E-state index is 12.2. The monoisotopic (exact) mass is 316 g/mol. The van der Waals surface area contributed by atoms with Gasteiger partial charge in [0, 0.05) is 11.1 Å². The Morgan fingerprint density at radius 1 is 0.875 bits per heavy atom. The zero-order valence-corrected chi connectivity index (χ0v) is 12.5. The van der Waals surface area contributed by atoms with Crippen LogP contribution in [0.3, 0.4) is 0 Å². The molecule has 0 saturated heterocycles. The maximum Gasteiger partial charge on any atom is 0.258 e. The van der Waals surface area contributed by atoms with Crippen LogP contribution >= 0.6 is 0 Å². The molecule has 1 aromatic heterocycles. The normalized spacial score (nSPS) is 15.2. The van der Waals surface area contributed by atoms with Gasteiger partial charge < -0.3 is 0 Å². The molecule has 2 heterocycles. The molecular weight excluding hydrogens is 304 g/mol. The fourth-order valence-electron chi connectivity index (χ4n) is 2.62. The lowest BCUT2D eigenvalue weighted by Gasteiger charge is -2.17. The Labute approximate surface area is 137 Å². The maximum atomic E-state index is 12.2. The molecular formula is C18H12N4O2. The Balaban J connectivity index is 1.76. The van der Waals surface area contributed by atoms with E-state index >= 15 is 0 Å². The summed E-state index contributed by atoms with van der Waals surface area (Å²) in [4.78, 5) is 24.1. The Kier molecular flexibility index (Phi) is 3.28. The number of rotatable bonds is 2. The third kappa shape index (κ3) is 2.40. The highest BCUT2D eigenvalue weighted by atomic mass is 16.2. The summed E-state index contributed by atoms with van der Waals surface area (Å²) in [6, 6.07) is 16.5. The van der Waals surface area contributed by atoms with Crippen molar-refractivity contribution in [3.63, 3.8) is 0 Å². The van der Waals surface area contributed by atoms with Crippen molar-refractivity contribution in [2.75, 3.05) is 0 Å². The smallest absolute Gasteiger partial charge is 0.258 e. The van der Waals surface area contributed by atoms with Crippen molar-refractivity contribution in [3.05, 3.63) is 77.6 Å². The van der Waals surface area contributed by atoms with Crippen molar-refractivity contribution < 1.29 is 9.59 Å². The molecule has 6 nitrogen and oxygen atoms in total. The highest BCUT2D eigenvalue weighted by molar-refractivity contribution is 6.33. The van der Waals surface area contributed by atoms with Crippen LogP contribution in [0.5, 0.6) is 0 Å². The standard InChI is InChI=1S/C18H12N4O2/c23-17-15-9-5-4-8-14(15)16(18(24)19-17)10-12-11-22(21-20-12)13-6-2-1-3-7-13/h1-11H,(H,19,23,24)/b16-10-. The van der Waals surface area contributed by atoms with Crippen LogP contribution in [-0.2, 0) is 4.79 Å². The van der Waals surface area contributed by atoms with Gasteiger partial charge >= 0.3 is 0 Å². The summed E-state index contributed by atoms with van der Waals surface area (Å²) in [5, 5.41) is 10.5. The molecule has 1 N–H and O–H groups in total. The number of carbonyl (C=O) groups excluding carboxylic acids is 2. The molecule has 0 radical (unpaired) electrons. The summed E-state index contributed by atoms with van der Waals surface area (Å²) in [5.74, 6) is -0.825. The quantitative estimate of drug-likeness (QED) is 0.580. The van der Waals surface area contributed by atoms with E-state index in [4.69, 9.17) is 0 Å². The number of imide groups is 1. The highest BCUT2D eigenvalue weighted by Gasteiger charge is 2.26. The first-order chi connectivity index (χ1) is 11.7. The van der Waals surface area contributed by atoms with E-state index in [1.54, 1.807) is 41.2 Å². The fraction of sp³-hybridized carbons (Fsp3) is 0. The summed E-state index contributed by atoms with van der Waals surface area (Å²) in [5.41, 5.74) is 2.87. The summed E-state index contributed by atoms with van der Waals surface area (Å²) in [7, 11) is 0. The van der Waals surface area contributed by atoms with E-state index in [0.29, 0.717) is 22.4 Å². The first-order valence-electron chi connectivity index (χ1n) is 7.37. The number of hydrogen-bond donors (Lipinski definition) is 1. The summed E-state index contributed by atoms with van der Waals surface area (Å²) < 4.78 is 1.63. The summed E-state index contributed by atoms with van der Waals surface area (Å²) in [6.07, 6.45) is 3.36. The Morgan fingerprint density at radius 3 is 2.38 bits per heavy atom. The van der Waals surface area contributed by atoms with Crippen LogP contribution < -0.4 is 5.32 Å². The van der Waals surface area contributed by atoms with E-state index < -0.39 is 5.91 Å². The van der Waals surface area contributed by atoms with Gasteiger partial charge in [-0.2, -0.15) is 0 Å². The van der Waals surface area contributed by atoms with Crippen LogP contribution in [0, 0.1) is 0 Å². The minimum Gasteiger partial charge on any atom is -0.288 e. The van der Waals surface area contributed by atoms with Gasteiger partial charge in [-0.05, 0) is 24.3 Å². The van der Waals surface area contributed by atoms with Gasteiger partial charge in [-0.25, -0.2) is 4.68 Å². The van der Waals surface area contributed by atoms with Crippen LogP contribution in [0.1, 0.15) is 21.6 Å². The number of fused-ring (bicyclic) bond motifs is 1. The number of para-hydroxylation sites is 1. The van der Waals surface area contributed by atoms with E-state index in [9.17, 15) is 9.59 Å². The molecule has 2 amide bonds. The Bertz CT molecular complexity index is 973. The van der Waals surface area contributed by atoms with E-state index in [1.165, 1.54) is 0 Å². The van der Waals surface area contributed by atoms with Gasteiger partial charge in [-0.15, -0.1) is 5.10 Å². The number of aromatic nitrogens is 3. The summed E-state index contributed by atoms with van der Waals surface area (Å²) in [6.45, 7) is 0. The lowest BCUT2D eigenvalue weighted by atomic mass is 9.94. The van der Waals surface area contributed by atoms with E-state index in [2.05, 4.69) is 15.6 Å². The van der Waals surface area contributed by atoms with Crippen LogP contribution in [0.2, 0.25) is 0 Å². The van der Waals surface area contributed by atoms with Crippen molar-refractivity contribution in [2.45, 2.75) is 0 Å². The molecule has 4 rings (SSSR count). The molecule has 0 atom stereocenters. The van der Waals surface area contributed by atoms with E-state index in [0.717, 1.165) is 5.69 Å². The fourth-order valence-corrected chi connectivity index (χ4v) is 2.62. The molecule has 0 bridgehead atoms. The van der Waals surface area contributed by atoms with Gasteiger partial charge in [-0.1, -0.05) is 41.6 Å². The van der Waals surface area contributed by atoms with Crippen LogP contribution in [0.15, 0.2) is 60.8 Å². The van der Waals surface area contributed by atoms with Crippen LogP contribution in [0.25, 0.3) is 17.3 Å². The molecule has 24 heavy (non-hydrogen) atoms. The topological polar surface area (TPSA) is 76.9 Å². The molecule has 0 saturated carbocycles. The summed E-state index contributed by atoms with van der Waals surface area (Å²) >= 11 is 0. The molecule has 116 valence electrons. The van der Waals surface area contributed by atoms with E-state index in [1.807, 2.05) is 30.3 Å². The third-order valence-corrected chi connectivity index (χ3v) is 3.76. The SMILES string of the molecule is O=C1NC(=O)c2ccccc2/C1=C/c1cn(-c2ccccc2)nn1. The largest absolute Gasteiger partial charge is 0.288 e. The molecule has 3 aromatic rings. The van der Waals surface area contributed by atoms with Gasteiger partial charge in [0.25, 0.3) is 11.8 Å². The molecule has 1 aliphatic heterocycles. The molecule has 0 aliphatic carbocycles. The van der Waals surface area contributed by atoms with Crippen molar-refractivity contribution in [1.82, 2.24) is 20.3 Å². The number of nitrogens with zero attached hydrogens (tertiary/aromatic N) is 3. The average molecular weight is 316 g/mol. The number of carbonyl (C=O) groups is 2. The van der Waals surface area contributed by atoms with Crippen molar-refractivity contribution in [3.8, 4) is 5.69 Å². The number of amides is 2. The number of nitrogens with one attached hydrogen (secondary N) is 1. The molecule has 2 aromatic carbocycles. The molecule has 0 spiro atoms. The molecule has 0 fully saturated rings. The number of hydrogen-bond acceptors (Lipinski definition) is 4. The van der Waals surface area contributed by atoms with Crippen molar-refractivity contribution in [2.24, 2.45) is 0 Å². The Morgan fingerprint density at radius 2 is 1.58 bits per heavy atom. The minimum atomic E-state index is -0.437. The highest BCUT2D eigenvalue weighted by Crippen LogP contribution is 2.25. The minimum absolute atomic E-state index is 0.388. The second kappa shape index (κ2) is 5.58. The van der Waals surface area contributed by atoms with Gasteiger partial charge in [0.2, 0.25) is 0 Å². The molecule has 6 heteroatoms. The predicted molar refractivity (Wildman–Crippen MR) is 88.1 cm³/mol. The van der Waals surface area contributed by atoms with Gasteiger partial charge in [0.15, 0.2) is 0 Å². The second-order valence-corrected chi connectivity index (χ2v) is 5.31. The average Bonchev–Trinajstić information content (AvgIpc) is 3.08. The second-order valence-electron chi connectivity index (χ2n) is 5.31. The first kappa shape index (κ1) is 14.1. The van der Waals surface area contributed by atoms with Crippen LogP contribution in [0.4, 0.5) is 0 Å². The van der Waals surface area contributed by atoms with Gasteiger partial charge in [0.1, 0.15) is 5.69 Å². The van der Waals surface area contributed by atoms with Crippen molar-refractivity contribution >= 4 is 23.5 Å². The zero-order valence-electron chi connectivity index (χ0n) is 12.5. The molecule has 1 aliphatic rings. The molecule has 0 unspecified atom stereocenters. The third-order valence-electron chi connectivity index (χ3n) is 3.76. The van der Waals surface area contributed by atoms with E-state index in [-0.39, 0.29) is 5.91 Å².